The van der Waals surface area contributed by atoms with Crippen molar-refractivity contribution in [3.05, 3.63) is 93.5 Å². The van der Waals surface area contributed by atoms with Crippen LogP contribution in [-0.4, -0.2) is 45.6 Å². The van der Waals surface area contributed by atoms with Gasteiger partial charge in [0, 0.05) is 19.2 Å². The van der Waals surface area contributed by atoms with Crippen molar-refractivity contribution in [1.82, 2.24) is 10.2 Å². The smallest absolute Gasteiger partial charge is 0.311 e. The Kier molecular flexibility index (Phi) is 8.99. The average Bonchev–Trinajstić information content (AvgIpc) is 2.92. The number of aliphatic hydroxyl groups is 1. The zero-order valence-corrected chi connectivity index (χ0v) is 22.9. The standard InChI is InChI=1S/C31H37N3O5/c1-22-25(12-9-13-26(22)24-10-5-4-6-11-24)20-39-29-16-15-23(18-28(29)34(37)38)19-33-17-8-7-14-27(33)30(35)32-21-31(2,3)36/h4-6,9-13,15-16,18,27,36H,7-8,14,17,19-21H2,1-3H3,(H,32,35)/t27-/m0/s1. The zero-order valence-electron chi connectivity index (χ0n) is 22.9. The van der Waals surface area contributed by atoms with Crippen LogP contribution < -0.4 is 10.1 Å². The topological polar surface area (TPSA) is 105 Å². The number of carbonyl (C=O) groups excluding carboxylic acids is 1. The molecule has 0 unspecified atom stereocenters. The first-order valence-corrected chi connectivity index (χ1v) is 13.4. The number of hydrogen-bond acceptors (Lipinski definition) is 6. The second kappa shape index (κ2) is 12.4. The van der Waals surface area contributed by atoms with Crippen molar-refractivity contribution < 1.29 is 19.6 Å². The molecule has 1 amide bonds. The van der Waals surface area contributed by atoms with E-state index in [0.29, 0.717) is 13.0 Å². The van der Waals surface area contributed by atoms with Crippen molar-refractivity contribution in [3.63, 3.8) is 0 Å². The highest BCUT2D eigenvalue weighted by Gasteiger charge is 2.30. The number of nitro groups is 1. The third-order valence-electron chi connectivity index (χ3n) is 7.13. The summed E-state index contributed by atoms with van der Waals surface area (Å²) in [6, 6.07) is 20.8. The molecule has 8 nitrogen and oxygen atoms in total. The van der Waals surface area contributed by atoms with E-state index in [0.717, 1.165) is 47.2 Å². The summed E-state index contributed by atoms with van der Waals surface area (Å²) >= 11 is 0. The summed E-state index contributed by atoms with van der Waals surface area (Å²) in [5.74, 6) is 0.0887. The molecule has 1 atom stereocenters. The third kappa shape index (κ3) is 7.43. The van der Waals surface area contributed by atoms with E-state index in [9.17, 15) is 20.0 Å². The Morgan fingerprint density at radius 1 is 1.13 bits per heavy atom. The van der Waals surface area contributed by atoms with E-state index < -0.39 is 10.5 Å². The second-order valence-electron chi connectivity index (χ2n) is 10.8. The fraction of sp³-hybridized carbons (Fsp3) is 0.387. The summed E-state index contributed by atoms with van der Waals surface area (Å²) in [4.78, 5) is 26.4. The Hall–Kier alpha value is -3.75. The maximum atomic E-state index is 12.8. The Bertz CT molecular complexity index is 1300. The van der Waals surface area contributed by atoms with Gasteiger partial charge in [-0.05, 0) is 74.0 Å². The highest BCUT2D eigenvalue weighted by molar-refractivity contribution is 5.82. The second-order valence-corrected chi connectivity index (χ2v) is 10.8. The van der Waals surface area contributed by atoms with Crippen LogP contribution >= 0.6 is 0 Å². The van der Waals surface area contributed by atoms with Gasteiger partial charge in [0.1, 0.15) is 6.61 Å². The van der Waals surface area contributed by atoms with Crippen LogP contribution in [0.3, 0.4) is 0 Å². The lowest BCUT2D eigenvalue weighted by Gasteiger charge is -2.35. The molecule has 2 N–H and O–H groups in total. The molecule has 1 heterocycles. The predicted molar refractivity (Wildman–Crippen MR) is 151 cm³/mol. The zero-order chi connectivity index (χ0) is 28.0. The van der Waals surface area contributed by atoms with Gasteiger partial charge in [0.25, 0.3) is 0 Å². The van der Waals surface area contributed by atoms with Gasteiger partial charge in [-0.25, -0.2) is 0 Å². The molecule has 0 radical (unpaired) electrons. The number of amides is 1. The first-order chi connectivity index (χ1) is 18.6. The predicted octanol–water partition coefficient (Wildman–Crippen LogP) is 5.39. The van der Waals surface area contributed by atoms with E-state index in [1.54, 1.807) is 26.0 Å². The van der Waals surface area contributed by atoms with Crippen molar-refractivity contribution in [1.29, 1.82) is 0 Å². The van der Waals surface area contributed by atoms with Gasteiger partial charge in [-0.3, -0.25) is 19.8 Å². The summed E-state index contributed by atoms with van der Waals surface area (Å²) in [6.07, 6.45) is 2.61. The molecule has 0 spiro atoms. The SMILES string of the molecule is Cc1c(COc2ccc(CN3CCCC[C@H]3C(=O)NCC(C)(C)O)cc2[N+](=O)[O-])cccc1-c1ccccc1. The minimum absolute atomic E-state index is 0.0931. The van der Waals surface area contributed by atoms with Crippen molar-refractivity contribution in [2.45, 2.75) is 64.8 Å². The molecule has 1 aliphatic rings. The van der Waals surface area contributed by atoms with Crippen molar-refractivity contribution in [3.8, 4) is 16.9 Å². The number of ether oxygens (including phenoxy) is 1. The van der Waals surface area contributed by atoms with E-state index in [2.05, 4.69) is 28.4 Å². The minimum atomic E-state index is -0.993. The largest absolute Gasteiger partial charge is 0.482 e. The summed E-state index contributed by atoms with van der Waals surface area (Å²) in [7, 11) is 0. The lowest BCUT2D eigenvalue weighted by molar-refractivity contribution is -0.386. The van der Waals surface area contributed by atoms with Gasteiger partial charge in [0.2, 0.25) is 5.91 Å². The number of rotatable bonds is 10. The van der Waals surface area contributed by atoms with E-state index >= 15 is 0 Å². The molecule has 0 aromatic heterocycles. The molecule has 1 fully saturated rings. The third-order valence-corrected chi connectivity index (χ3v) is 7.13. The number of hydrogen-bond donors (Lipinski definition) is 2. The quantitative estimate of drug-likeness (QED) is 0.268. The Morgan fingerprint density at radius 2 is 1.90 bits per heavy atom. The molecule has 3 aromatic rings. The molecule has 0 aliphatic carbocycles. The van der Waals surface area contributed by atoms with E-state index in [-0.39, 0.29) is 36.5 Å². The highest BCUT2D eigenvalue weighted by atomic mass is 16.6. The normalized spacial score (nSPS) is 16.1. The van der Waals surface area contributed by atoms with Gasteiger partial charge in [-0.1, -0.05) is 61.0 Å². The monoisotopic (exact) mass is 531 g/mol. The molecule has 1 aliphatic heterocycles. The van der Waals surface area contributed by atoms with Crippen molar-refractivity contribution >= 4 is 11.6 Å². The average molecular weight is 532 g/mol. The van der Waals surface area contributed by atoms with Crippen LogP contribution in [0.15, 0.2) is 66.7 Å². The van der Waals surface area contributed by atoms with Crippen LogP contribution in [0, 0.1) is 17.0 Å². The van der Waals surface area contributed by atoms with Crippen molar-refractivity contribution in [2.75, 3.05) is 13.1 Å². The molecule has 0 bridgehead atoms. The molecule has 0 saturated carbocycles. The molecular formula is C31H37N3O5. The molecular weight excluding hydrogens is 494 g/mol. The summed E-state index contributed by atoms with van der Waals surface area (Å²) < 4.78 is 5.98. The van der Waals surface area contributed by atoms with E-state index in [1.165, 1.54) is 0 Å². The number of nitrogens with zero attached hydrogens (tertiary/aromatic N) is 2. The molecule has 4 rings (SSSR count). The highest BCUT2D eigenvalue weighted by Crippen LogP contribution is 2.32. The van der Waals surface area contributed by atoms with Gasteiger partial charge in [-0.15, -0.1) is 0 Å². The Labute approximate surface area is 229 Å². The van der Waals surface area contributed by atoms with E-state index in [1.807, 2.05) is 43.3 Å². The van der Waals surface area contributed by atoms with Gasteiger partial charge in [0.15, 0.2) is 5.75 Å². The fourth-order valence-corrected chi connectivity index (χ4v) is 4.98. The van der Waals surface area contributed by atoms with Gasteiger partial charge >= 0.3 is 5.69 Å². The maximum Gasteiger partial charge on any atom is 0.311 e. The van der Waals surface area contributed by atoms with Crippen molar-refractivity contribution in [2.24, 2.45) is 0 Å². The molecule has 3 aromatic carbocycles. The molecule has 206 valence electrons. The van der Waals surface area contributed by atoms with Gasteiger partial charge < -0.3 is 15.2 Å². The number of benzene rings is 3. The van der Waals surface area contributed by atoms with Crippen LogP contribution in [0.5, 0.6) is 5.75 Å². The molecule has 39 heavy (non-hydrogen) atoms. The van der Waals surface area contributed by atoms with Crippen LogP contribution in [0.1, 0.15) is 49.8 Å². The lowest BCUT2D eigenvalue weighted by atomic mass is 9.97. The number of carbonyl (C=O) groups is 1. The first-order valence-electron chi connectivity index (χ1n) is 13.4. The van der Waals surface area contributed by atoms with Gasteiger partial charge in [0.05, 0.1) is 16.6 Å². The maximum absolute atomic E-state index is 12.8. The summed E-state index contributed by atoms with van der Waals surface area (Å²) in [5, 5.41) is 24.8. The van der Waals surface area contributed by atoms with Crippen LogP contribution in [0.25, 0.3) is 11.1 Å². The Morgan fingerprint density at radius 3 is 2.62 bits per heavy atom. The van der Waals surface area contributed by atoms with Crippen LogP contribution in [-0.2, 0) is 17.9 Å². The fourth-order valence-electron chi connectivity index (χ4n) is 4.98. The number of nitrogens with one attached hydrogen (secondary N) is 1. The lowest BCUT2D eigenvalue weighted by Crippen LogP contribution is -2.51. The molecule has 1 saturated heterocycles. The van der Waals surface area contributed by atoms with E-state index in [4.69, 9.17) is 4.74 Å². The number of piperidine rings is 1. The molecule has 8 heteroatoms. The number of nitro benzene ring substituents is 1. The van der Waals surface area contributed by atoms with Gasteiger partial charge in [-0.2, -0.15) is 0 Å². The number of likely N-dealkylation sites (tertiary alicyclic amines) is 1. The minimum Gasteiger partial charge on any atom is -0.482 e. The van der Waals surface area contributed by atoms with Crippen LogP contribution in [0.2, 0.25) is 0 Å². The first kappa shape index (κ1) is 28.3. The Balaban J connectivity index is 1.47. The van der Waals surface area contributed by atoms with Crippen LogP contribution in [0.4, 0.5) is 5.69 Å². The summed E-state index contributed by atoms with van der Waals surface area (Å²) in [6.45, 7) is 6.85. The summed E-state index contributed by atoms with van der Waals surface area (Å²) in [5.41, 5.74) is 3.90.